The number of hydrogen-bond donors (Lipinski definition) is 0. The van der Waals surface area contributed by atoms with E-state index >= 15 is 0 Å². The van der Waals surface area contributed by atoms with Crippen LogP contribution in [-0.2, 0) is 12.1 Å². The van der Waals surface area contributed by atoms with Gasteiger partial charge >= 0.3 is 6.18 Å². The highest BCUT2D eigenvalue weighted by molar-refractivity contribution is 9.10. The van der Waals surface area contributed by atoms with E-state index in [0.29, 0.717) is 4.47 Å². The van der Waals surface area contributed by atoms with Gasteiger partial charge in [-0.1, -0.05) is 5.16 Å². The van der Waals surface area contributed by atoms with Crippen LogP contribution in [0, 0.1) is 0 Å². The van der Waals surface area contributed by atoms with Gasteiger partial charge in [0, 0.05) is 4.47 Å². The molecular formula is C10H5BrClF3N2O. The third-order valence-electron chi connectivity index (χ3n) is 2.11. The predicted octanol–water partition coefficient (Wildman–Crippen LogP) is 4.26. The van der Waals surface area contributed by atoms with Crippen molar-refractivity contribution in [3.05, 3.63) is 34.1 Å². The first-order valence-corrected chi connectivity index (χ1v) is 6.00. The van der Waals surface area contributed by atoms with E-state index in [2.05, 4.69) is 26.1 Å². The summed E-state index contributed by atoms with van der Waals surface area (Å²) in [6, 6.07) is 3.19. The third kappa shape index (κ3) is 2.67. The zero-order valence-electron chi connectivity index (χ0n) is 8.63. The molecule has 0 saturated heterocycles. The van der Waals surface area contributed by atoms with E-state index in [1.54, 1.807) is 0 Å². The molecule has 0 aliphatic carbocycles. The van der Waals surface area contributed by atoms with E-state index in [1.165, 1.54) is 6.07 Å². The number of hydrogen-bond acceptors (Lipinski definition) is 3. The minimum Gasteiger partial charge on any atom is -0.334 e. The van der Waals surface area contributed by atoms with Crippen molar-refractivity contribution in [1.29, 1.82) is 0 Å². The molecule has 0 aliphatic heterocycles. The lowest BCUT2D eigenvalue weighted by Crippen LogP contribution is -2.04. The Labute approximate surface area is 113 Å². The monoisotopic (exact) mass is 340 g/mol. The van der Waals surface area contributed by atoms with Gasteiger partial charge in [-0.2, -0.15) is 18.2 Å². The summed E-state index contributed by atoms with van der Waals surface area (Å²) in [5.74, 6) is 0.236. The minimum atomic E-state index is -4.43. The molecule has 2 rings (SSSR count). The summed E-state index contributed by atoms with van der Waals surface area (Å²) < 4.78 is 43.0. The van der Waals surface area contributed by atoms with Crippen LogP contribution in [0.5, 0.6) is 0 Å². The van der Waals surface area contributed by atoms with E-state index < -0.39 is 11.7 Å². The van der Waals surface area contributed by atoms with Gasteiger partial charge in [0.1, 0.15) is 0 Å². The van der Waals surface area contributed by atoms with Gasteiger partial charge in [-0.05, 0) is 34.1 Å². The molecule has 0 amide bonds. The summed E-state index contributed by atoms with van der Waals surface area (Å²) in [6.07, 6.45) is -4.43. The molecule has 0 unspecified atom stereocenters. The summed E-state index contributed by atoms with van der Waals surface area (Å²) in [5.41, 5.74) is -0.611. The molecule has 1 aromatic heterocycles. The Morgan fingerprint density at radius 1 is 1.33 bits per heavy atom. The molecule has 0 atom stereocenters. The lowest BCUT2D eigenvalue weighted by atomic mass is 10.1. The number of alkyl halides is 4. The SMILES string of the molecule is FC(F)(F)c1ccc(Br)c(-c2nc(CCl)no2)c1. The Kier molecular flexibility index (Phi) is 3.63. The number of benzene rings is 1. The van der Waals surface area contributed by atoms with Crippen molar-refractivity contribution in [2.75, 3.05) is 0 Å². The van der Waals surface area contributed by atoms with Crippen molar-refractivity contribution >= 4 is 27.5 Å². The minimum absolute atomic E-state index is 0.0105. The van der Waals surface area contributed by atoms with Crippen LogP contribution in [0.4, 0.5) is 13.2 Å². The molecule has 1 aromatic carbocycles. The lowest BCUT2D eigenvalue weighted by molar-refractivity contribution is -0.137. The smallest absolute Gasteiger partial charge is 0.334 e. The first-order chi connectivity index (χ1) is 8.41. The second-order valence-corrected chi connectivity index (χ2v) is 4.46. The molecule has 0 N–H and O–H groups in total. The van der Waals surface area contributed by atoms with Gasteiger partial charge in [0.15, 0.2) is 5.82 Å². The fourth-order valence-electron chi connectivity index (χ4n) is 1.28. The maximum atomic E-state index is 12.6. The van der Waals surface area contributed by atoms with E-state index in [4.69, 9.17) is 16.1 Å². The summed E-state index contributed by atoms with van der Waals surface area (Å²) in [5, 5.41) is 3.52. The number of rotatable bonds is 2. The molecule has 18 heavy (non-hydrogen) atoms. The number of aromatic nitrogens is 2. The topological polar surface area (TPSA) is 38.9 Å². The molecular weight excluding hydrogens is 336 g/mol. The van der Waals surface area contributed by atoms with Gasteiger partial charge in [0.2, 0.25) is 0 Å². The highest BCUT2D eigenvalue weighted by Crippen LogP contribution is 2.35. The molecule has 3 nitrogen and oxygen atoms in total. The van der Waals surface area contributed by atoms with Gasteiger partial charge < -0.3 is 4.52 Å². The molecule has 2 aromatic rings. The van der Waals surface area contributed by atoms with Gasteiger partial charge in [0.25, 0.3) is 5.89 Å². The van der Waals surface area contributed by atoms with Crippen molar-refractivity contribution in [2.24, 2.45) is 0 Å². The number of halogens is 5. The lowest BCUT2D eigenvalue weighted by Gasteiger charge is -2.08. The summed E-state index contributed by atoms with van der Waals surface area (Å²) in [4.78, 5) is 3.88. The van der Waals surface area contributed by atoms with E-state index in [-0.39, 0.29) is 23.2 Å². The Morgan fingerprint density at radius 2 is 2.06 bits per heavy atom. The van der Waals surface area contributed by atoms with Crippen molar-refractivity contribution in [3.63, 3.8) is 0 Å². The molecule has 0 spiro atoms. The number of nitrogens with zero attached hydrogens (tertiary/aromatic N) is 2. The fourth-order valence-corrected chi connectivity index (χ4v) is 1.81. The zero-order valence-corrected chi connectivity index (χ0v) is 11.0. The molecule has 0 aliphatic rings. The summed E-state index contributed by atoms with van der Waals surface area (Å²) in [6.45, 7) is 0. The molecule has 8 heteroatoms. The van der Waals surface area contributed by atoms with Gasteiger partial charge in [-0.25, -0.2) is 0 Å². The zero-order chi connectivity index (χ0) is 13.3. The average Bonchev–Trinajstić information content (AvgIpc) is 2.76. The molecule has 0 fully saturated rings. The Bertz CT molecular complexity index is 570. The predicted molar refractivity (Wildman–Crippen MR) is 62.0 cm³/mol. The first kappa shape index (κ1) is 13.4. The first-order valence-electron chi connectivity index (χ1n) is 4.67. The van der Waals surface area contributed by atoms with Gasteiger partial charge in [-0.3, -0.25) is 0 Å². The highest BCUT2D eigenvalue weighted by Gasteiger charge is 2.31. The van der Waals surface area contributed by atoms with Crippen molar-refractivity contribution < 1.29 is 17.7 Å². The van der Waals surface area contributed by atoms with Crippen molar-refractivity contribution in [3.8, 4) is 11.5 Å². The second-order valence-electron chi connectivity index (χ2n) is 3.34. The normalized spacial score (nSPS) is 11.8. The van der Waals surface area contributed by atoms with Crippen LogP contribution < -0.4 is 0 Å². The molecule has 0 radical (unpaired) electrons. The van der Waals surface area contributed by atoms with Crippen LogP contribution in [0.2, 0.25) is 0 Å². The Balaban J connectivity index is 2.49. The van der Waals surface area contributed by atoms with Gasteiger partial charge in [0.05, 0.1) is 17.0 Å². The molecule has 0 saturated carbocycles. The Hall–Kier alpha value is -1.08. The van der Waals surface area contributed by atoms with Crippen LogP contribution in [-0.4, -0.2) is 10.1 Å². The average molecular weight is 342 g/mol. The maximum absolute atomic E-state index is 12.6. The van der Waals surface area contributed by atoms with Crippen LogP contribution in [0.1, 0.15) is 11.4 Å². The van der Waals surface area contributed by atoms with Crippen LogP contribution in [0.3, 0.4) is 0 Å². The van der Waals surface area contributed by atoms with E-state index in [0.717, 1.165) is 12.1 Å². The van der Waals surface area contributed by atoms with Crippen LogP contribution in [0.25, 0.3) is 11.5 Å². The second kappa shape index (κ2) is 4.89. The molecule has 1 heterocycles. The summed E-state index contributed by atoms with van der Waals surface area (Å²) in [7, 11) is 0. The van der Waals surface area contributed by atoms with Crippen LogP contribution >= 0.6 is 27.5 Å². The summed E-state index contributed by atoms with van der Waals surface area (Å²) >= 11 is 8.63. The highest BCUT2D eigenvalue weighted by atomic mass is 79.9. The molecule has 0 bridgehead atoms. The van der Waals surface area contributed by atoms with E-state index in [1.807, 2.05) is 0 Å². The van der Waals surface area contributed by atoms with Crippen molar-refractivity contribution in [1.82, 2.24) is 10.1 Å². The van der Waals surface area contributed by atoms with Gasteiger partial charge in [-0.15, -0.1) is 11.6 Å². The van der Waals surface area contributed by atoms with Crippen molar-refractivity contribution in [2.45, 2.75) is 12.1 Å². The third-order valence-corrected chi connectivity index (χ3v) is 3.04. The molecule has 96 valence electrons. The van der Waals surface area contributed by atoms with Crippen LogP contribution in [0.15, 0.2) is 27.2 Å². The Morgan fingerprint density at radius 3 is 2.61 bits per heavy atom. The quantitative estimate of drug-likeness (QED) is 0.766. The largest absolute Gasteiger partial charge is 0.416 e. The standard InChI is InChI=1S/C10H5BrClF3N2O/c11-7-2-1-5(10(13,14)15)3-6(7)9-16-8(4-12)17-18-9/h1-3H,4H2. The maximum Gasteiger partial charge on any atom is 0.416 e. The van der Waals surface area contributed by atoms with E-state index in [9.17, 15) is 13.2 Å². The fraction of sp³-hybridized carbons (Fsp3) is 0.200.